The van der Waals surface area contributed by atoms with Gasteiger partial charge in [-0.2, -0.15) is 0 Å². The number of benzene rings is 1. The number of likely N-dealkylation sites (N-methyl/N-ethyl adjacent to an activating group) is 1. The van der Waals surface area contributed by atoms with E-state index in [-0.39, 0.29) is 0 Å². The third-order valence-electron chi connectivity index (χ3n) is 4.43. The summed E-state index contributed by atoms with van der Waals surface area (Å²) >= 11 is 0. The van der Waals surface area contributed by atoms with E-state index in [4.69, 9.17) is 14.9 Å². The summed E-state index contributed by atoms with van der Waals surface area (Å²) in [5.41, 5.74) is 4.22. The molecule has 1 atom stereocenters. The Morgan fingerprint density at radius 1 is 1.19 bits per heavy atom. The molecule has 0 spiro atoms. The van der Waals surface area contributed by atoms with E-state index in [1.54, 1.807) is 0 Å². The number of hydrogen-bond acceptors (Lipinski definition) is 5. The van der Waals surface area contributed by atoms with Crippen molar-refractivity contribution in [1.29, 1.82) is 0 Å². The zero-order chi connectivity index (χ0) is 19.1. The van der Waals surface area contributed by atoms with Gasteiger partial charge in [-0.3, -0.25) is 0 Å². The van der Waals surface area contributed by atoms with Crippen molar-refractivity contribution < 1.29 is 24.5 Å². The molecule has 3 rings (SSSR count). The van der Waals surface area contributed by atoms with Crippen LogP contribution in [0.1, 0.15) is 24.5 Å². The number of carbonyl (C=O) groups is 2. The van der Waals surface area contributed by atoms with Crippen molar-refractivity contribution in [3.8, 4) is 5.75 Å². The normalized spacial score (nSPS) is 18.7. The Kier molecular flexibility index (Phi) is 7.03. The third kappa shape index (κ3) is 5.49. The average molecular weight is 362 g/mol. The molecule has 7 nitrogen and oxygen atoms in total. The van der Waals surface area contributed by atoms with Crippen LogP contribution >= 0.6 is 0 Å². The summed E-state index contributed by atoms with van der Waals surface area (Å²) in [6.45, 7) is 5.37. The van der Waals surface area contributed by atoms with Crippen LogP contribution in [0.4, 0.5) is 5.69 Å². The SMILES string of the molecule is CCC1CN(C)c2cc3c(cc2O1)CCNCC3.O=C(O)/C=C/C(=O)O. The first-order valence-corrected chi connectivity index (χ1v) is 8.79. The summed E-state index contributed by atoms with van der Waals surface area (Å²) < 4.78 is 6.10. The van der Waals surface area contributed by atoms with E-state index in [0.29, 0.717) is 18.3 Å². The molecule has 1 aromatic carbocycles. The molecule has 1 unspecified atom stereocenters. The Morgan fingerprint density at radius 2 is 1.77 bits per heavy atom. The Morgan fingerprint density at radius 3 is 2.31 bits per heavy atom. The fourth-order valence-corrected chi connectivity index (χ4v) is 3.06. The zero-order valence-corrected chi connectivity index (χ0v) is 15.2. The smallest absolute Gasteiger partial charge is 0.328 e. The second-order valence-corrected chi connectivity index (χ2v) is 6.38. The summed E-state index contributed by atoms with van der Waals surface area (Å²) in [4.78, 5) is 21.4. The molecule has 0 bridgehead atoms. The minimum Gasteiger partial charge on any atom is -0.486 e. The highest BCUT2D eigenvalue weighted by molar-refractivity contribution is 5.89. The highest BCUT2D eigenvalue weighted by Gasteiger charge is 2.24. The van der Waals surface area contributed by atoms with Crippen molar-refractivity contribution in [2.75, 3.05) is 31.6 Å². The van der Waals surface area contributed by atoms with Crippen molar-refractivity contribution in [3.63, 3.8) is 0 Å². The molecule has 142 valence electrons. The quantitative estimate of drug-likeness (QED) is 0.704. The van der Waals surface area contributed by atoms with Gasteiger partial charge in [0.1, 0.15) is 11.9 Å². The maximum Gasteiger partial charge on any atom is 0.328 e. The van der Waals surface area contributed by atoms with Crippen molar-refractivity contribution in [2.24, 2.45) is 0 Å². The summed E-state index contributed by atoms with van der Waals surface area (Å²) in [5, 5.41) is 19.1. The van der Waals surface area contributed by atoms with Gasteiger partial charge in [-0.1, -0.05) is 6.92 Å². The largest absolute Gasteiger partial charge is 0.486 e. The lowest BCUT2D eigenvalue weighted by Crippen LogP contribution is -2.37. The van der Waals surface area contributed by atoms with Gasteiger partial charge in [0.25, 0.3) is 0 Å². The molecule has 0 fully saturated rings. The van der Waals surface area contributed by atoms with E-state index in [0.717, 1.165) is 44.6 Å². The highest BCUT2D eigenvalue weighted by Crippen LogP contribution is 2.36. The number of fused-ring (bicyclic) bond motifs is 2. The number of nitrogens with zero attached hydrogens (tertiary/aromatic N) is 1. The predicted molar refractivity (Wildman–Crippen MR) is 99.1 cm³/mol. The molecule has 0 saturated heterocycles. The van der Waals surface area contributed by atoms with Gasteiger partial charge in [0.15, 0.2) is 0 Å². The maximum atomic E-state index is 9.55. The van der Waals surface area contributed by atoms with Gasteiger partial charge < -0.3 is 25.2 Å². The van der Waals surface area contributed by atoms with Gasteiger partial charge in [0, 0.05) is 19.2 Å². The van der Waals surface area contributed by atoms with Crippen LogP contribution in [0, 0.1) is 0 Å². The highest BCUT2D eigenvalue weighted by atomic mass is 16.5. The van der Waals surface area contributed by atoms with Crippen LogP contribution in [0.2, 0.25) is 0 Å². The van der Waals surface area contributed by atoms with Crippen LogP contribution in [-0.4, -0.2) is 54.9 Å². The van der Waals surface area contributed by atoms with Crippen molar-refractivity contribution in [1.82, 2.24) is 5.32 Å². The molecule has 0 amide bonds. The molecule has 7 heteroatoms. The average Bonchev–Trinajstić information content (AvgIpc) is 2.83. The maximum absolute atomic E-state index is 9.55. The molecular weight excluding hydrogens is 336 g/mol. The van der Waals surface area contributed by atoms with Gasteiger partial charge in [-0.15, -0.1) is 0 Å². The molecule has 0 saturated carbocycles. The Balaban J connectivity index is 0.000000260. The summed E-state index contributed by atoms with van der Waals surface area (Å²) in [7, 11) is 2.17. The topological polar surface area (TPSA) is 99.1 Å². The number of carboxylic acid groups (broad SMARTS) is 2. The molecule has 0 radical (unpaired) electrons. The van der Waals surface area contributed by atoms with Gasteiger partial charge in [0.2, 0.25) is 0 Å². The number of rotatable bonds is 3. The van der Waals surface area contributed by atoms with E-state index in [1.165, 1.54) is 16.8 Å². The van der Waals surface area contributed by atoms with Crippen molar-refractivity contribution in [3.05, 3.63) is 35.4 Å². The summed E-state index contributed by atoms with van der Waals surface area (Å²) in [6, 6.07) is 4.61. The molecule has 2 aliphatic rings. The second kappa shape index (κ2) is 9.24. The number of carboxylic acids is 2. The predicted octanol–water partition coefficient (Wildman–Crippen LogP) is 1.69. The van der Waals surface area contributed by atoms with Crippen LogP contribution in [0.25, 0.3) is 0 Å². The second-order valence-electron chi connectivity index (χ2n) is 6.38. The van der Waals surface area contributed by atoms with Gasteiger partial charge >= 0.3 is 11.9 Å². The van der Waals surface area contributed by atoms with E-state index >= 15 is 0 Å². The molecule has 3 N–H and O–H groups in total. The number of aliphatic carboxylic acids is 2. The minimum atomic E-state index is -1.26. The van der Waals surface area contributed by atoms with Gasteiger partial charge in [-0.25, -0.2) is 9.59 Å². The van der Waals surface area contributed by atoms with Gasteiger partial charge in [0.05, 0.1) is 12.2 Å². The monoisotopic (exact) mass is 362 g/mol. The van der Waals surface area contributed by atoms with Crippen molar-refractivity contribution >= 4 is 17.6 Å². The number of anilines is 1. The van der Waals surface area contributed by atoms with Crippen LogP contribution in [0.15, 0.2) is 24.3 Å². The number of nitrogens with one attached hydrogen (secondary N) is 1. The Hall–Kier alpha value is -2.54. The lowest BCUT2D eigenvalue weighted by Gasteiger charge is -2.34. The number of hydrogen-bond donors (Lipinski definition) is 3. The minimum absolute atomic E-state index is 0.337. The Labute approximate surface area is 153 Å². The fourth-order valence-electron chi connectivity index (χ4n) is 3.06. The molecule has 26 heavy (non-hydrogen) atoms. The lowest BCUT2D eigenvalue weighted by molar-refractivity contribution is -0.134. The number of ether oxygens (including phenoxy) is 1. The third-order valence-corrected chi connectivity index (χ3v) is 4.43. The van der Waals surface area contributed by atoms with Crippen LogP contribution < -0.4 is 15.0 Å². The molecule has 2 heterocycles. The molecule has 0 aromatic heterocycles. The summed E-state index contributed by atoms with van der Waals surface area (Å²) in [6.07, 6.45) is 4.78. The first kappa shape index (κ1) is 19.8. The van der Waals surface area contributed by atoms with E-state index < -0.39 is 11.9 Å². The van der Waals surface area contributed by atoms with Crippen LogP contribution in [0.5, 0.6) is 5.75 Å². The molecule has 0 aliphatic carbocycles. The Bertz CT molecular complexity index is 671. The van der Waals surface area contributed by atoms with Gasteiger partial charge in [-0.05, 0) is 55.6 Å². The first-order valence-electron chi connectivity index (χ1n) is 8.79. The molecule has 2 aliphatic heterocycles. The van der Waals surface area contributed by atoms with Crippen LogP contribution in [0.3, 0.4) is 0 Å². The van der Waals surface area contributed by atoms with E-state index in [2.05, 4.69) is 36.3 Å². The van der Waals surface area contributed by atoms with E-state index in [1.807, 2.05) is 0 Å². The first-order chi connectivity index (χ1) is 12.4. The van der Waals surface area contributed by atoms with Crippen molar-refractivity contribution in [2.45, 2.75) is 32.3 Å². The molecular formula is C19H26N2O5. The van der Waals surface area contributed by atoms with E-state index in [9.17, 15) is 9.59 Å². The standard InChI is InChI=1S/C15H22N2O.C4H4O4/c1-3-13-10-17(2)14-8-11-4-6-16-7-5-12(11)9-15(14)18-13;5-3(6)1-2-4(7)8/h8-9,13,16H,3-7,10H2,1-2H3;1-2H,(H,5,6)(H,7,8)/b;2-1+. The zero-order valence-electron chi connectivity index (χ0n) is 15.2. The molecule has 1 aromatic rings. The fraction of sp³-hybridized carbons (Fsp3) is 0.474. The lowest BCUT2D eigenvalue weighted by atomic mass is 10.00. The van der Waals surface area contributed by atoms with Crippen LogP contribution in [-0.2, 0) is 22.4 Å². The summed E-state index contributed by atoms with van der Waals surface area (Å²) in [5.74, 6) is -1.43.